The molecule has 2 heterocycles. The normalized spacial score (nSPS) is 20.7. The van der Waals surface area contributed by atoms with Crippen molar-refractivity contribution >= 4 is 39.0 Å². The Hall–Kier alpha value is -3.08. The minimum absolute atomic E-state index is 0.0301. The number of sulfone groups is 1. The fraction of sp³-hybridized carbons (Fsp3) is 0.389. The second-order valence-electron chi connectivity index (χ2n) is 7.30. The summed E-state index contributed by atoms with van der Waals surface area (Å²) in [6.45, 7) is -2.78. The van der Waals surface area contributed by atoms with Crippen LogP contribution in [-0.2, 0) is 14.6 Å². The summed E-state index contributed by atoms with van der Waals surface area (Å²) in [5, 5.41) is 14.8. The number of carbonyl (C=O) groups is 2. The van der Waals surface area contributed by atoms with Crippen molar-refractivity contribution in [2.75, 3.05) is 23.9 Å². The standard InChI is InChI=1S/C18H20N6O4S/c1-19-17(26)14-11(21-15-12(29(2,27)28)4-3-7-20-15)8-13(23-24-14)22-16(25)10-9-18(10)5-6-18/h3-4,7-8,10H,5-6,9H2,1-2H3,(H,19,26)(H2,20,21,22,23,25)/t10-/m1/s1/i1D3. The van der Waals surface area contributed by atoms with Gasteiger partial charge in [-0.1, -0.05) is 0 Å². The number of amides is 2. The molecule has 4 rings (SSSR count). The van der Waals surface area contributed by atoms with Crippen molar-refractivity contribution < 1.29 is 22.1 Å². The van der Waals surface area contributed by atoms with Gasteiger partial charge in [-0.25, -0.2) is 13.4 Å². The molecule has 0 radical (unpaired) electrons. The predicted molar refractivity (Wildman–Crippen MR) is 104 cm³/mol. The number of carbonyl (C=O) groups excluding carboxylic acids is 2. The van der Waals surface area contributed by atoms with Crippen molar-refractivity contribution in [3.63, 3.8) is 0 Å². The maximum atomic E-state index is 12.5. The highest BCUT2D eigenvalue weighted by Crippen LogP contribution is 2.70. The van der Waals surface area contributed by atoms with E-state index in [1.807, 2.05) is 0 Å². The van der Waals surface area contributed by atoms with Gasteiger partial charge in [-0.3, -0.25) is 9.59 Å². The minimum atomic E-state index is -3.67. The molecule has 0 unspecified atom stereocenters. The fourth-order valence-corrected chi connectivity index (χ4v) is 4.11. The number of aromatic nitrogens is 3. The quantitative estimate of drug-likeness (QED) is 0.632. The Morgan fingerprint density at radius 3 is 2.76 bits per heavy atom. The van der Waals surface area contributed by atoms with Gasteiger partial charge in [0.25, 0.3) is 5.91 Å². The van der Waals surface area contributed by atoms with Crippen LogP contribution >= 0.6 is 0 Å². The number of anilines is 3. The molecule has 2 aromatic heterocycles. The first-order valence-electron chi connectivity index (χ1n) is 10.3. The monoisotopic (exact) mass is 419 g/mol. The Labute approximate surface area is 171 Å². The molecule has 0 aromatic carbocycles. The summed E-state index contributed by atoms with van der Waals surface area (Å²) in [5.74, 6) is -1.43. The molecule has 0 bridgehead atoms. The molecule has 3 N–H and O–H groups in total. The molecule has 152 valence electrons. The summed E-state index contributed by atoms with van der Waals surface area (Å²) in [7, 11) is -3.67. The summed E-state index contributed by atoms with van der Waals surface area (Å²) in [6.07, 6.45) is 5.20. The zero-order valence-corrected chi connectivity index (χ0v) is 16.2. The van der Waals surface area contributed by atoms with Gasteiger partial charge in [0, 0.05) is 35.5 Å². The van der Waals surface area contributed by atoms with Crippen LogP contribution in [0.15, 0.2) is 29.3 Å². The van der Waals surface area contributed by atoms with Crippen molar-refractivity contribution in [2.24, 2.45) is 11.3 Å². The Balaban J connectivity index is 1.67. The zero-order chi connectivity index (χ0) is 23.3. The lowest BCUT2D eigenvalue weighted by atomic mass is 10.2. The molecule has 10 nitrogen and oxygen atoms in total. The van der Waals surface area contributed by atoms with Gasteiger partial charge >= 0.3 is 0 Å². The third-order valence-electron chi connectivity index (χ3n) is 5.20. The highest BCUT2D eigenvalue weighted by molar-refractivity contribution is 7.90. The molecular weight excluding hydrogens is 396 g/mol. The number of hydrogen-bond donors (Lipinski definition) is 3. The summed E-state index contributed by atoms with van der Waals surface area (Å²) < 4.78 is 45.9. The predicted octanol–water partition coefficient (Wildman–Crippen LogP) is 1.12. The largest absolute Gasteiger partial charge is 0.354 e. The number of rotatable bonds is 6. The van der Waals surface area contributed by atoms with Gasteiger partial charge < -0.3 is 16.0 Å². The zero-order valence-electron chi connectivity index (χ0n) is 18.4. The first-order valence-corrected chi connectivity index (χ1v) is 10.7. The van der Waals surface area contributed by atoms with Crippen LogP contribution < -0.4 is 16.0 Å². The lowest BCUT2D eigenvalue weighted by Gasteiger charge is -2.13. The Kier molecular flexibility index (Phi) is 3.68. The van der Waals surface area contributed by atoms with Gasteiger partial charge in [-0.2, -0.15) is 0 Å². The van der Waals surface area contributed by atoms with E-state index in [0.29, 0.717) is 0 Å². The summed E-state index contributed by atoms with van der Waals surface area (Å²) in [6, 6.07) is 4.04. The van der Waals surface area contributed by atoms with Gasteiger partial charge in [-0.05, 0) is 36.8 Å². The number of pyridine rings is 1. The van der Waals surface area contributed by atoms with Crippen molar-refractivity contribution in [3.05, 3.63) is 30.1 Å². The Morgan fingerprint density at radius 1 is 1.31 bits per heavy atom. The number of nitrogens with zero attached hydrogens (tertiary/aromatic N) is 3. The molecular formula is C18H20N6O4S. The van der Waals surface area contributed by atoms with Crippen LogP contribution in [0.25, 0.3) is 0 Å². The molecule has 2 aliphatic rings. The maximum Gasteiger partial charge on any atom is 0.273 e. The second kappa shape index (κ2) is 6.76. The highest BCUT2D eigenvalue weighted by atomic mass is 32.2. The van der Waals surface area contributed by atoms with E-state index in [4.69, 9.17) is 4.11 Å². The highest BCUT2D eigenvalue weighted by Gasteiger charge is 2.65. The lowest BCUT2D eigenvalue weighted by Crippen LogP contribution is -2.23. The minimum Gasteiger partial charge on any atom is -0.354 e. The average Bonchev–Trinajstić information content (AvgIpc) is 3.59. The average molecular weight is 419 g/mol. The molecule has 11 heteroatoms. The summed E-state index contributed by atoms with van der Waals surface area (Å²) in [5.41, 5.74) is -0.358. The SMILES string of the molecule is [2H]C([2H])([2H])NC(=O)c1nnc(NC(=O)[C@H]2CC23CC3)cc1Nc1ncccc1S(C)(=O)=O. The molecule has 2 aromatic rings. The van der Waals surface area contributed by atoms with Crippen molar-refractivity contribution in [1.29, 1.82) is 0 Å². The van der Waals surface area contributed by atoms with Crippen LogP contribution in [0.2, 0.25) is 0 Å². The topological polar surface area (TPSA) is 143 Å². The molecule has 2 fully saturated rings. The number of nitrogens with one attached hydrogen (secondary N) is 3. The van der Waals surface area contributed by atoms with Crippen LogP contribution in [0.3, 0.4) is 0 Å². The molecule has 29 heavy (non-hydrogen) atoms. The second-order valence-corrected chi connectivity index (χ2v) is 9.29. The van der Waals surface area contributed by atoms with E-state index in [-0.39, 0.29) is 39.5 Å². The van der Waals surface area contributed by atoms with E-state index < -0.39 is 28.4 Å². The molecule has 1 atom stereocenters. The maximum absolute atomic E-state index is 12.5. The molecule has 2 amide bonds. The van der Waals surface area contributed by atoms with E-state index in [1.165, 1.54) is 24.4 Å². The van der Waals surface area contributed by atoms with Crippen LogP contribution in [0, 0.1) is 11.3 Å². The molecule has 1 spiro atoms. The van der Waals surface area contributed by atoms with Crippen LogP contribution in [0.5, 0.6) is 0 Å². The van der Waals surface area contributed by atoms with Gasteiger partial charge in [0.1, 0.15) is 10.7 Å². The first kappa shape index (κ1) is 15.8. The fourth-order valence-electron chi connectivity index (χ4n) is 3.33. The molecule has 0 saturated heterocycles. The molecule has 0 aliphatic heterocycles. The third-order valence-corrected chi connectivity index (χ3v) is 6.32. The van der Waals surface area contributed by atoms with E-state index in [0.717, 1.165) is 25.5 Å². The molecule has 2 saturated carbocycles. The first-order chi connectivity index (χ1) is 14.9. The van der Waals surface area contributed by atoms with Crippen LogP contribution in [0.1, 0.15) is 33.9 Å². The summed E-state index contributed by atoms with van der Waals surface area (Å²) >= 11 is 0. The van der Waals surface area contributed by atoms with Crippen molar-refractivity contribution in [2.45, 2.75) is 24.2 Å². The van der Waals surface area contributed by atoms with Gasteiger partial charge in [0.05, 0.1) is 5.69 Å². The number of hydrogen-bond acceptors (Lipinski definition) is 8. The summed E-state index contributed by atoms with van der Waals surface area (Å²) in [4.78, 5) is 28.8. The Morgan fingerprint density at radius 2 is 2.10 bits per heavy atom. The van der Waals surface area contributed by atoms with E-state index in [1.54, 1.807) is 5.32 Å². The van der Waals surface area contributed by atoms with Gasteiger partial charge in [0.2, 0.25) is 5.91 Å². The smallest absolute Gasteiger partial charge is 0.273 e. The van der Waals surface area contributed by atoms with Crippen molar-refractivity contribution in [3.8, 4) is 0 Å². The lowest BCUT2D eigenvalue weighted by molar-refractivity contribution is -0.117. The van der Waals surface area contributed by atoms with Crippen LogP contribution in [-0.4, -0.2) is 48.6 Å². The van der Waals surface area contributed by atoms with Gasteiger partial charge in [-0.15, -0.1) is 10.2 Å². The van der Waals surface area contributed by atoms with E-state index >= 15 is 0 Å². The Bertz CT molecular complexity index is 1210. The van der Waals surface area contributed by atoms with Gasteiger partial charge in [0.15, 0.2) is 21.3 Å². The van der Waals surface area contributed by atoms with Crippen LogP contribution in [0.4, 0.5) is 17.3 Å². The van der Waals surface area contributed by atoms with E-state index in [9.17, 15) is 18.0 Å². The third kappa shape index (κ3) is 3.77. The molecule has 2 aliphatic carbocycles. The van der Waals surface area contributed by atoms with Crippen molar-refractivity contribution in [1.82, 2.24) is 20.5 Å². The van der Waals surface area contributed by atoms with E-state index in [2.05, 4.69) is 25.8 Å².